The van der Waals surface area contributed by atoms with Crippen LogP contribution in [0.15, 0.2) is 42.7 Å². The molecule has 0 unspecified atom stereocenters. The molecule has 0 aliphatic heterocycles. The molecule has 1 aromatic heterocycles. The fourth-order valence-electron chi connectivity index (χ4n) is 1.90. The molecule has 0 aliphatic carbocycles. The Morgan fingerprint density at radius 1 is 1.21 bits per heavy atom. The van der Waals surface area contributed by atoms with Gasteiger partial charge in [-0.25, -0.2) is 14.8 Å². The highest BCUT2D eigenvalue weighted by atomic mass is 32.2. The van der Waals surface area contributed by atoms with E-state index >= 15 is 0 Å². The Morgan fingerprint density at radius 3 is 2.46 bits per heavy atom. The van der Waals surface area contributed by atoms with Gasteiger partial charge in [-0.3, -0.25) is 4.79 Å². The second-order valence-corrected chi connectivity index (χ2v) is 5.92. The first kappa shape index (κ1) is 17.7. The number of para-hydroxylation sites is 1. The number of carbonyl (C=O) groups is 2. The number of nitrogens with one attached hydrogen (secondary N) is 2. The summed E-state index contributed by atoms with van der Waals surface area (Å²) in [7, 11) is 0. The van der Waals surface area contributed by atoms with Gasteiger partial charge in [-0.05, 0) is 30.6 Å². The summed E-state index contributed by atoms with van der Waals surface area (Å²) in [6.45, 7) is 0. The number of hydrogen-bond acceptors (Lipinski definition) is 6. The zero-order valence-corrected chi connectivity index (χ0v) is 13.9. The van der Waals surface area contributed by atoms with Crippen LogP contribution in [0.1, 0.15) is 16.8 Å². The fraction of sp³-hybridized carbons (Fsp3) is 0.250. The summed E-state index contributed by atoms with van der Waals surface area (Å²) in [6, 6.07) is 8.47. The van der Waals surface area contributed by atoms with Crippen LogP contribution in [0.25, 0.3) is 0 Å². The minimum Gasteiger partial charge on any atom is -0.480 e. The first-order valence-corrected chi connectivity index (χ1v) is 8.66. The second-order valence-electron chi connectivity index (χ2n) is 4.93. The molecule has 0 radical (unpaired) electrons. The Kier molecular flexibility index (Phi) is 6.56. The average Bonchev–Trinajstić information content (AvgIpc) is 2.59. The number of aliphatic carboxylic acids is 1. The average molecular weight is 346 g/mol. The molecular weight excluding hydrogens is 328 g/mol. The van der Waals surface area contributed by atoms with Crippen LogP contribution in [0.2, 0.25) is 0 Å². The van der Waals surface area contributed by atoms with Gasteiger partial charge in [0.1, 0.15) is 6.04 Å². The summed E-state index contributed by atoms with van der Waals surface area (Å²) in [4.78, 5) is 31.4. The largest absolute Gasteiger partial charge is 0.480 e. The lowest BCUT2D eigenvalue weighted by atomic mass is 10.2. The smallest absolute Gasteiger partial charge is 0.326 e. The van der Waals surface area contributed by atoms with Gasteiger partial charge < -0.3 is 15.7 Å². The van der Waals surface area contributed by atoms with Crippen molar-refractivity contribution in [2.75, 3.05) is 17.3 Å². The standard InChI is InChI=1S/C16H18N4O3S/c1-24-8-7-13(15(22)23)20-14(21)11-9-17-16(18-10-11)19-12-5-3-2-4-6-12/h2-6,9-10,13H,7-8H2,1H3,(H,20,21)(H,22,23)(H,17,18,19)/t13-/m0/s1. The quantitative estimate of drug-likeness (QED) is 0.673. The summed E-state index contributed by atoms with van der Waals surface area (Å²) in [5.74, 6) is -0.557. The predicted octanol–water partition coefficient (Wildman–Crippen LogP) is 2.16. The van der Waals surface area contributed by atoms with E-state index in [4.69, 9.17) is 5.11 Å². The Morgan fingerprint density at radius 2 is 1.88 bits per heavy atom. The van der Waals surface area contributed by atoms with Gasteiger partial charge in [0.2, 0.25) is 5.95 Å². The van der Waals surface area contributed by atoms with E-state index < -0.39 is 17.9 Å². The fourth-order valence-corrected chi connectivity index (χ4v) is 2.37. The van der Waals surface area contributed by atoms with Crippen molar-refractivity contribution in [2.45, 2.75) is 12.5 Å². The topological polar surface area (TPSA) is 104 Å². The molecule has 0 saturated carbocycles. The van der Waals surface area contributed by atoms with Crippen molar-refractivity contribution in [3.05, 3.63) is 48.3 Å². The van der Waals surface area contributed by atoms with E-state index in [9.17, 15) is 9.59 Å². The molecule has 1 atom stereocenters. The number of rotatable bonds is 8. The minimum absolute atomic E-state index is 0.212. The van der Waals surface area contributed by atoms with Crippen LogP contribution < -0.4 is 10.6 Å². The predicted molar refractivity (Wildman–Crippen MR) is 93.6 cm³/mol. The van der Waals surface area contributed by atoms with Gasteiger partial charge in [0.25, 0.3) is 5.91 Å². The number of anilines is 2. The Labute approximate surface area is 143 Å². The number of amides is 1. The highest BCUT2D eigenvalue weighted by Crippen LogP contribution is 2.11. The van der Waals surface area contributed by atoms with Crippen LogP contribution in [0, 0.1) is 0 Å². The molecule has 3 N–H and O–H groups in total. The Balaban J connectivity index is 1.98. The number of hydrogen-bond donors (Lipinski definition) is 3. The number of carboxylic acid groups (broad SMARTS) is 1. The Bertz CT molecular complexity index is 679. The highest BCUT2D eigenvalue weighted by Gasteiger charge is 2.20. The first-order chi connectivity index (χ1) is 11.6. The van der Waals surface area contributed by atoms with Gasteiger partial charge in [-0.2, -0.15) is 11.8 Å². The number of thioether (sulfide) groups is 1. The van der Waals surface area contributed by atoms with Crippen LogP contribution in [-0.4, -0.2) is 45.0 Å². The molecule has 0 bridgehead atoms. The molecule has 1 amide bonds. The van der Waals surface area contributed by atoms with Gasteiger partial charge in [0, 0.05) is 18.1 Å². The zero-order valence-electron chi connectivity index (χ0n) is 13.1. The summed E-state index contributed by atoms with van der Waals surface area (Å²) >= 11 is 1.53. The Hall–Kier alpha value is -2.61. The molecule has 2 aromatic rings. The van der Waals surface area contributed by atoms with Crippen LogP contribution in [0.3, 0.4) is 0 Å². The van der Waals surface area contributed by atoms with Crippen molar-refractivity contribution in [3.63, 3.8) is 0 Å². The van der Waals surface area contributed by atoms with E-state index in [0.717, 1.165) is 5.69 Å². The van der Waals surface area contributed by atoms with Crippen LogP contribution >= 0.6 is 11.8 Å². The number of benzene rings is 1. The maximum absolute atomic E-state index is 12.1. The molecule has 0 aliphatic rings. The molecule has 1 heterocycles. The maximum Gasteiger partial charge on any atom is 0.326 e. The van der Waals surface area contributed by atoms with Gasteiger partial charge in [-0.1, -0.05) is 18.2 Å². The summed E-state index contributed by atoms with van der Waals surface area (Å²) in [6.07, 6.45) is 4.96. The van der Waals surface area contributed by atoms with Gasteiger partial charge in [0.05, 0.1) is 5.56 Å². The monoisotopic (exact) mass is 346 g/mol. The van der Waals surface area contributed by atoms with Crippen molar-refractivity contribution in [2.24, 2.45) is 0 Å². The lowest BCUT2D eigenvalue weighted by Crippen LogP contribution is -2.41. The maximum atomic E-state index is 12.1. The van der Waals surface area contributed by atoms with Gasteiger partial charge in [0.15, 0.2) is 0 Å². The molecular formula is C16H18N4O3S. The van der Waals surface area contributed by atoms with E-state index in [0.29, 0.717) is 18.1 Å². The second kappa shape index (κ2) is 8.88. The van der Waals surface area contributed by atoms with E-state index in [1.54, 1.807) is 0 Å². The molecule has 1 aromatic carbocycles. The normalized spacial score (nSPS) is 11.5. The van der Waals surface area contributed by atoms with E-state index in [-0.39, 0.29) is 5.56 Å². The van der Waals surface area contributed by atoms with Crippen LogP contribution in [-0.2, 0) is 4.79 Å². The molecule has 8 heteroatoms. The molecule has 126 valence electrons. The summed E-state index contributed by atoms with van der Waals surface area (Å²) in [5.41, 5.74) is 1.04. The molecule has 0 saturated heterocycles. The number of carboxylic acids is 1. The zero-order chi connectivity index (χ0) is 17.4. The van der Waals surface area contributed by atoms with E-state index in [1.807, 2.05) is 36.6 Å². The first-order valence-electron chi connectivity index (χ1n) is 7.27. The third kappa shape index (κ3) is 5.24. The van der Waals surface area contributed by atoms with E-state index in [2.05, 4.69) is 20.6 Å². The molecule has 0 fully saturated rings. The third-order valence-corrected chi connectivity index (χ3v) is 3.80. The van der Waals surface area contributed by atoms with Crippen LogP contribution in [0.4, 0.5) is 11.6 Å². The lowest BCUT2D eigenvalue weighted by Gasteiger charge is -2.13. The van der Waals surface area contributed by atoms with Gasteiger partial charge >= 0.3 is 5.97 Å². The molecule has 0 spiro atoms. The molecule has 24 heavy (non-hydrogen) atoms. The van der Waals surface area contributed by atoms with Crippen molar-refractivity contribution < 1.29 is 14.7 Å². The van der Waals surface area contributed by atoms with Crippen molar-refractivity contribution in [1.82, 2.24) is 15.3 Å². The SMILES string of the molecule is CSCC[C@H](NC(=O)c1cnc(Nc2ccccc2)nc1)C(=O)O. The summed E-state index contributed by atoms with van der Waals surface area (Å²) in [5, 5.41) is 14.6. The number of nitrogens with zero attached hydrogens (tertiary/aromatic N) is 2. The van der Waals surface area contributed by atoms with Crippen molar-refractivity contribution in [3.8, 4) is 0 Å². The highest BCUT2D eigenvalue weighted by molar-refractivity contribution is 7.98. The van der Waals surface area contributed by atoms with Crippen LogP contribution in [0.5, 0.6) is 0 Å². The molecule has 7 nitrogen and oxygen atoms in total. The molecule has 2 rings (SSSR count). The minimum atomic E-state index is -1.05. The summed E-state index contributed by atoms with van der Waals surface area (Å²) < 4.78 is 0. The van der Waals surface area contributed by atoms with Crippen molar-refractivity contribution >= 4 is 35.3 Å². The van der Waals surface area contributed by atoms with E-state index in [1.165, 1.54) is 24.2 Å². The number of aromatic nitrogens is 2. The van der Waals surface area contributed by atoms with Crippen molar-refractivity contribution in [1.29, 1.82) is 0 Å². The van der Waals surface area contributed by atoms with Gasteiger partial charge in [-0.15, -0.1) is 0 Å². The third-order valence-electron chi connectivity index (χ3n) is 3.16. The number of carbonyl (C=O) groups excluding carboxylic acids is 1. The lowest BCUT2D eigenvalue weighted by molar-refractivity contribution is -0.139.